The van der Waals surface area contributed by atoms with Gasteiger partial charge < -0.3 is 10.1 Å². The quantitative estimate of drug-likeness (QED) is 0.883. The molecule has 1 aromatic carbocycles. The van der Waals surface area contributed by atoms with Crippen LogP contribution in [0.15, 0.2) is 24.3 Å². The van der Waals surface area contributed by atoms with Crippen LogP contribution in [0.2, 0.25) is 0 Å². The van der Waals surface area contributed by atoms with Crippen molar-refractivity contribution in [3.05, 3.63) is 24.3 Å². The van der Waals surface area contributed by atoms with Crippen molar-refractivity contribution in [2.45, 2.75) is 34.6 Å². The van der Waals surface area contributed by atoms with E-state index in [1.54, 1.807) is 0 Å². The highest BCUT2D eigenvalue weighted by Crippen LogP contribution is 2.26. The van der Waals surface area contributed by atoms with Gasteiger partial charge in [0.1, 0.15) is 5.75 Å². The number of hydrogen-bond donors (Lipinski definition) is 1. The van der Waals surface area contributed by atoms with Crippen LogP contribution in [-0.2, 0) is 4.79 Å². The summed E-state index contributed by atoms with van der Waals surface area (Å²) in [5.41, 5.74) is 0.323. The third kappa shape index (κ3) is 4.40. The highest BCUT2D eigenvalue weighted by atomic mass is 16.5. The minimum atomic E-state index is -0.412. The summed E-state index contributed by atoms with van der Waals surface area (Å²) in [5.74, 6) is 1.17. The number of hydrogen-bond acceptors (Lipinski definition) is 2. The predicted molar refractivity (Wildman–Crippen MR) is 74.9 cm³/mol. The Morgan fingerprint density at radius 3 is 2.44 bits per heavy atom. The average molecular weight is 249 g/mol. The van der Waals surface area contributed by atoms with Crippen molar-refractivity contribution in [1.29, 1.82) is 0 Å². The smallest absolute Gasteiger partial charge is 0.229 e. The summed E-state index contributed by atoms with van der Waals surface area (Å²) in [6.45, 7) is 10.5. The third-order valence-corrected chi connectivity index (χ3v) is 2.39. The normalized spacial score (nSPS) is 11.4. The molecule has 3 heteroatoms. The topological polar surface area (TPSA) is 38.3 Å². The maximum Gasteiger partial charge on any atom is 0.229 e. The summed E-state index contributed by atoms with van der Waals surface area (Å²) in [6, 6.07) is 7.53. The summed E-state index contributed by atoms with van der Waals surface area (Å²) >= 11 is 0. The molecular weight excluding hydrogens is 226 g/mol. The highest BCUT2D eigenvalue weighted by molar-refractivity contribution is 5.95. The van der Waals surface area contributed by atoms with Gasteiger partial charge in [-0.05, 0) is 18.1 Å². The van der Waals surface area contributed by atoms with E-state index in [1.165, 1.54) is 0 Å². The van der Waals surface area contributed by atoms with Gasteiger partial charge in [0.25, 0.3) is 0 Å². The number of carbonyl (C=O) groups is 1. The monoisotopic (exact) mass is 249 g/mol. The zero-order valence-electron chi connectivity index (χ0n) is 11.9. The molecule has 0 heterocycles. The number of nitrogens with one attached hydrogen (secondary N) is 1. The molecule has 1 rings (SSSR count). The number of benzene rings is 1. The van der Waals surface area contributed by atoms with Gasteiger partial charge in [-0.25, -0.2) is 0 Å². The Kier molecular flexibility index (Phi) is 4.76. The molecule has 0 aliphatic heterocycles. The number of ether oxygens (including phenoxy) is 1. The lowest BCUT2D eigenvalue weighted by molar-refractivity contribution is -0.123. The van der Waals surface area contributed by atoms with Crippen molar-refractivity contribution in [3.8, 4) is 5.75 Å². The van der Waals surface area contributed by atoms with Crippen LogP contribution in [0.3, 0.4) is 0 Å². The molecule has 100 valence electrons. The summed E-state index contributed by atoms with van der Waals surface area (Å²) in [6.07, 6.45) is 0. The Bertz CT molecular complexity index is 405. The van der Waals surface area contributed by atoms with Crippen LogP contribution in [0.5, 0.6) is 5.75 Å². The summed E-state index contributed by atoms with van der Waals surface area (Å²) < 4.78 is 5.70. The number of rotatable bonds is 4. The van der Waals surface area contributed by atoms with Crippen LogP contribution >= 0.6 is 0 Å². The van der Waals surface area contributed by atoms with E-state index >= 15 is 0 Å². The van der Waals surface area contributed by atoms with E-state index in [9.17, 15) is 4.79 Å². The molecule has 1 aromatic rings. The molecule has 0 saturated carbocycles. The van der Waals surface area contributed by atoms with E-state index in [-0.39, 0.29) is 5.91 Å². The fourth-order valence-electron chi connectivity index (χ4n) is 1.26. The van der Waals surface area contributed by atoms with E-state index in [0.717, 1.165) is 11.4 Å². The van der Waals surface area contributed by atoms with Gasteiger partial charge >= 0.3 is 0 Å². The lowest BCUT2D eigenvalue weighted by Gasteiger charge is -2.19. The van der Waals surface area contributed by atoms with Crippen LogP contribution in [0.4, 0.5) is 5.69 Å². The summed E-state index contributed by atoms with van der Waals surface area (Å²) in [5, 5.41) is 2.91. The maximum atomic E-state index is 12.0. The van der Waals surface area contributed by atoms with Crippen molar-refractivity contribution in [3.63, 3.8) is 0 Å². The van der Waals surface area contributed by atoms with E-state index < -0.39 is 5.41 Å². The molecule has 1 amide bonds. The minimum Gasteiger partial charge on any atom is -0.491 e. The fourth-order valence-corrected chi connectivity index (χ4v) is 1.26. The first-order valence-corrected chi connectivity index (χ1v) is 6.34. The second-order valence-electron chi connectivity index (χ2n) is 5.91. The summed E-state index contributed by atoms with van der Waals surface area (Å²) in [7, 11) is 0. The molecule has 0 saturated heterocycles. The van der Waals surface area contributed by atoms with E-state index in [1.807, 2.05) is 45.0 Å². The summed E-state index contributed by atoms with van der Waals surface area (Å²) in [4.78, 5) is 12.0. The van der Waals surface area contributed by atoms with Crippen molar-refractivity contribution >= 4 is 11.6 Å². The molecule has 18 heavy (non-hydrogen) atoms. The standard InChI is InChI=1S/C15H23NO2/c1-11(2)10-18-13-9-7-6-8-12(13)16-14(17)15(3,4)5/h6-9,11H,10H2,1-5H3,(H,16,17). The van der Waals surface area contributed by atoms with Gasteiger partial charge in [0.15, 0.2) is 0 Å². The molecule has 0 radical (unpaired) electrons. The molecule has 1 N–H and O–H groups in total. The van der Waals surface area contributed by atoms with E-state index in [4.69, 9.17) is 4.74 Å². The lowest BCUT2D eigenvalue weighted by Crippen LogP contribution is -2.27. The van der Waals surface area contributed by atoms with Gasteiger partial charge in [-0.15, -0.1) is 0 Å². The first kappa shape index (κ1) is 14.6. The van der Waals surface area contributed by atoms with Crippen LogP contribution in [0.1, 0.15) is 34.6 Å². The number of carbonyl (C=O) groups excluding carboxylic acids is 1. The van der Waals surface area contributed by atoms with Crippen LogP contribution in [0, 0.1) is 11.3 Å². The van der Waals surface area contributed by atoms with E-state index in [0.29, 0.717) is 12.5 Å². The molecule has 0 aromatic heterocycles. The van der Waals surface area contributed by atoms with Crippen LogP contribution in [0.25, 0.3) is 0 Å². The van der Waals surface area contributed by atoms with Crippen LogP contribution < -0.4 is 10.1 Å². The molecule has 0 aliphatic rings. The lowest BCUT2D eigenvalue weighted by atomic mass is 9.95. The third-order valence-electron chi connectivity index (χ3n) is 2.39. The molecule has 3 nitrogen and oxygen atoms in total. The number of amides is 1. The second kappa shape index (κ2) is 5.89. The first-order chi connectivity index (χ1) is 8.30. The van der Waals surface area contributed by atoms with Crippen molar-refractivity contribution < 1.29 is 9.53 Å². The number of anilines is 1. The molecule has 0 bridgehead atoms. The SMILES string of the molecule is CC(C)COc1ccccc1NC(=O)C(C)(C)C. The zero-order valence-corrected chi connectivity index (χ0v) is 11.9. The Hall–Kier alpha value is -1.51. The Morgan fingerprint density at radius 1 is 1.28 bits per heavy atom. The molecular formula is C15H23NO2. The van der Waals surface area contributed by atoms with Gasteiger partial charge in [0.05, 0.1) is 12.3 Å². The minimum absolute atomic E-state index is 0.0110. The van der Waals surface area contributed by atoms with Gasteiger partial charge in [-0.2, -0.15) is 0 Å². The number of para-hydroxylation sites is 2. The largest absolute Gasteiger partial charge is 0.491 e. The van der Waals surface area contributed by atoms with E-state index in [2.05, 4.69) is 19.2 Å². The van der Waals surface area contributed by atoms with Crippen molar-refractivity contribution in [2.75, 3.05) is 11.9 Å². The van der Waals surface area contributed by atoms with Gasteiger partial charge in [-0.1, -0.05) is 46.8 Å². The van der Waals surface area contributed by atoms with Crippen LogP contribution in [-0.4, -0.2) is 12.5 Å². The Labute approximate surface area is 110 Å². The molecule has 0 atom stereocenters. The van der Waals surface area contributed by atoms with Crippen molar-refractivity contribution in [1.82, 2.24) is 0 Å². The van der Waals surface area contributed by atoms with Crippen molar-refractivity contribution in [2.24, 2.45) is 11.3 Å². The fraction of sp³-hybridized carbons (Fsp3) is 0.533. The molecule has 0 unspecified atom stereocenters. The maximum absolute atomic E-state index is 12.0. The highest BCUT2D eigenvalue weighted by Gasteiger charge is 2.22. The molecule has 0 spiro atoms. The first-order valence-electron chi connectivity index (χ1n) is 6.34. The second-order valence-corrected chi connectivity index (χ2v) is 5.91. The molecule has 0 fully saturated rings. The predicted octanol–water partition coefficient (Wildman–Crippen LogP) is 3.71. The van der Waals surface area contributed by atoms with Gasteiger partial charge in [0.2, 0.25) is 5.91 Å². The molecule has 0 aliphatic carbocycles. The van der Waals surface area contributed by atoms with Gasteiger partial charge in [-0.3, -0.25) is 4.79 Å². The zero-order chi connectivity index (χ0) is 13.8. The van der Waals surface area contributed by atoms with Gasteiger partial charge in [0, 0.05) is 5.41 Å². The Balaban J connectivity index is 2.79. The average Bonchev–Trinajstić information content (AvgIpc) is 2.26. The Morgan fingerprint density at radius 2 is 1.89 bits per heavy atom.